The summed E-state index contributed by atoms with van der Waals surface area (Å²) >= 11 is 0. The standard InChI is InChI=1S/C21H40O5/c1-16(2)8-5-9-17(3)10-6-11-18(4)12-7-13-19(24)21(14-22,15-23)20(25)26/h12,16-17,19,22-24H,5-11,13-15H2,1-4H3,(H,25,26). The molecule has 0 saturated heterocycles. The predicted octanol–water partition coefficient (Wildman–Crippen LogP) is 3.76. The molecule has 0 aliphatic carbocycles. The van der Waals surface area contributed by atoms with Gasteiger partial charge in [-0.25, -0.2) is 0 Å². The lowest BCUT2D eigenvalue weighted by molar-refractivity contribution is -0.165. The van der Waals surface area contributed by atoms with Crippen molar-refractivity contribution < 1.29 is 25.2 Å². The van der Waals surface area contributed by atoms with Gasteiger partial charge in [0.15, 0.2) is 0 Å². The van der Waals surface area contributed by atoms with Crippen molar-refractivity contribution in [2.75, 3.05) is 13.2 Å². The summed E-state index contributed by atoms with van der Waals surface area (Å²) in [5, 5.41) is 37.8. The Morgan fingerprint density at radius 2 is 1.58 bits per heavy atom. The van der Waals surface area contributed by atoms with E-state index in [0.29, 0.717) is 6.42 Å². The predicted molar refractivity (Wildman–Crippen MR) is 105 cm³/mol. The Kier molecular flexibility index (Phi) is 12.8. The summed E-state index contributed by atoms with van der Waals surface area (Å²) in [4.78, 5) is 11.2. The quantitative estimate of drug-likeness (QED) is 0.328. The molecule has 5 nitrogen and oxygen atoms in total. The number of allylic oxidation sites excluding steroid dienone is 2. The summed E-state index contributed by atoms with van der Waals surface area (Å²) in [6.45, 7) is 7.33. The van der Waals surface area contributed by atoms with Crippen LogP contribution in [0.25, 0.3) is 0 Å². The second-order valence-electron chi connectivity index (χ2n) is 8.24. The minimum atomic E-state index is -1.88. The molecule has 0 spiro atoms. The molecule has 4 N–H and O–H groups in total. The number of rotatable bonds is 15. The lowest BCUT2D eigenvalue weighted by atomic mass is 9.81. The first-order chi connectivity index (χ1) is 12.2. The van der Waals surface area contributed by atoms with Crippen molar-refractivity contribution in [1.29, 1.82) is 0 Å². The Morgan fingerprint density at radius 3 is 2.08 bits per heavy atom. The van der Waals surface area contributed by atoms with Crippen LogP contribution >= 0.6 is 0 Å². The van der Waals surface area contributed by atoms with Crippen LogP contribution in [0.2, 0.25) is 0 Å². The number of hydrogen-bond acceptors (Lipinski definition) is 4. The smallest absolute Gasteiger partial charge is 0.317 e. The van der Waals surface area contributed by atoms with Gasteiger partial charge in [-0.1, -0.05) is 58.1 Å². The highest BCUT2D eigenvalue weighted by atomic mass is 16.4. The molecule has 26 heavy (non-hydrogen) atoms. The van der Waals surface area contributed by atoms with E-state index < -0.39 is 30.7 Å². The Balaban J connectivity index is 4.16. The fraction of sp³-hybridized carbons (Fsp3) is 0.857. The minimum absolute atomic E-state index is 0.205. The summed E-state index contributed by atoms with van der Waals surface area (Å²) < 4.78 is 0. The van der Waals surface area contributed by atoms with Gasteiger partial charge < -0.3 is 20.4 Å². The molecule has 0 aromatic rings. The molecule has 0 aliphatic rings. The third-order valence-corrected chi connectivity index (χ3v) is 5.31. The van der Waals surface area contributed by atoms with E-state index in [1.54, 1.807) is 0 Å². The Morgan fingerprint density at radius 1 is 1.00 bits per heavy atom. The highest BCUT2D eigenvalue weighted by Gasteiger charge is 2.44. The molecule has 5 heteroatoms. The second-order valence-corrected chi connectivity index (χ2v) is 8.24. The zero-order chi connectivity index (χ0) is 20.2. The molecule has 0 heterocycles. The maximum Gasteiger partial charge on any atom is 0.317 e. The number of aliphatic hydroxyl groups excluding tert-OH is 3. The number of carbonyl (C=O) groups is 1. The summed E-state index contributed by atoms with van der Waals surface area (Å²) in [5.74, 6) is 0.148. The summed E-state index contributed by atoms with van der Waals surface area (Å²) in [7, 11) is 0. The first kappa shape index (κ1) is 25.1. The van der Waals surface area contributed by atoms with Gasteiger partial charge in [0, 0.05) is 0 Å². The molecule has 2 atom stereocenters. The maximum atomic E-state index is 11.2. The van der Waals surface area contributed by atoms with Crippen LogP contribution in [0.15, 0.2) is 11.6 Å². The van der Waals surface area contributed by atoms with E-state index in [1.165, 1.54) is 31.3 Å². The molecule has 0 amide bonds. The van der Waals surface area contributed by atoms with Crippen LogP contribution in [0, 0.1) is 17.3 Å². The van der Waals surface area contributed by atoms with Crippen LogP contribution in [0.4, 0.5) is 0 Å². The highest BCUT2D eigenvalue weighted by molar-refractivity contribution is 5.75. The molecule has 0 aliphatic heterocycles. The molecule has 0 rings (SSSR count). The van der Waals surface area contributed by atoms with Crippen molar-refractivity contribution in [3.05, 3.63) is 11.6 Å². The number of aliphatic hydroxyl groups is 3. The number of carboxylic acid groups (broad SMARTS) is 1. The van der Waals surface area contributed by atoms with Gasteiger partial charge in [0.25, 0.3) is 0 Å². The zero-order valence-corrected chi connectivity index (χ0v) is 17.1. The van der Waals surface area contributed by atoms with E-state index in [-0.39, 0.29) is 6.42 Å². The van der Waals surface area contributed by atoms with Crippen LogP contribution in [-0.4, -0.2) is 45.7 Å². The molecule has 154 valence electrons. The molecular weight excluding hydrogens is 332 g/mol. The summed E-state index contributed by atoms with van der Waals surface area (Å²) in [6, 6.07) is 0. The second kappa shape index (κ2) is 13.3. The van der Waals surface area contributed by atoms with Crippen LogP contribution in [0.5, 0.6) is 0 Å². The van der Waals surface area contributed by atoms with Gasteiger partial charge in [0.1, 0.15) is 5.41 Å². The van der Waals surface area contributed by atoms with Crippen LogP contribution in [-0.2, 0) is 4.79 Å². The van der Waals surface area contributed by atoms with Gasteiger partial charge in [-0.05, 0) is 44.4 Å². The Hall–Kier alpha value is -0.910. The van der Waals surface area contributed by atoms with Crippen LogP contribution < -0.4 is 0 Å². The molecule has 2 unspecified atom stereocenters. The lowest BCUT2D eigenvalue weighted by Gasteiger charge is -2.30. The monoisotopic (exact) mass is 372 g/mol. The van der Waals surface area contributed by atoms with Crippen molar-refractivity contribution in [1.82, 2.24) is 0 Å². The molecule has 0 fully saturated rings. The molecule has 0 aromatic heterocycles. The van der Waals surface area contributed by atoms with Gasteiger partial charge in [-0.15, -0.1) is 0 Å². The van der Waals surface area contributed by atoms with Crippen molar-refractivity contribution in [3.63, 3.8) is 0 Å². The van der Waals surface area contributed by atoms with E-state index in [9.17, 15) is 20.1 Å². The fourth-order valence-corrected chi connectivity index (χ4v) is 3.15. The lowest BCUT2D eigenvalue weighted by Crippen LogP contribution is -2.48. The van der Waals surface area contributed by atoms with Gasteiger partial charge in [0.2, 0.25) is 0 Å². The Labute approximate surface area is 159 Å². The molecule has 0 aromatic carbocycles. The maximum absolute atomic E-state index is 11.2. The third kappa shape index (κ3) is 9.15. The SMILES string of the molecule is CC(=CCCC(O)C(CO)(CO)C(=O)O)CCCC(C)CCCC(C)C. The first-order valence-corrected chi connectivity index (χ1v) is 9.98. The fourth-order valence-electron chi connectivity index (χ4n) is 3.15. The third-order valence-electron chi connectivity index (χ3n) is 5.31. The minimum Gasteiger partial charge on any atom is -0.481 e. The van der Waals surface area contributed by atoms with E-state index in [1.807, 2.05) is 6.08 Å². The van der Waals surface area contributed by atoms with Gasteiger partial charge in [0.05, 0.1) is 19.3 Å². The molecule has 0 bridgehead atoms. The van der Waals surface area contributed by atoms with E-state index in [4.69, 9.17) is 5.11 Å². The Bertz CT molecular complexity index is 413. The van der Waals surface area contributed by atoms with Crippen molar-refractivity contribution in [2.24, 2.45) is 17.3 Å². The highest BCUT2D eigenvalue weighted by Crippen LogP contribution is 2.26. The largest absolute Gasteiger partial charge is 0.481 e. The topological polar surface area (TPSA) is 98.0 Å². The van der Waals surface area contributed by atoms with Crippen molar-refractivity contribution in [3.8, 4) is 0 Å². The summed E-state index contributed by atoms with van der Waals surface area (Å²) in [6.07, 6.45) is 8.72. The van der Waals surface area contributed by atoms with Crippen molar-refractivity contribution >= 4 is 5.97 Å². The van der Waals surface area contributed by atoms with Gasteiger partial charge >= 0.3 is 5.97 Å². The number of aliphatic carboxylic acids is 1. The average molecular weight is 373 g/mol. The van der Waals surface area contributed by atoms with Crippen LogP contribution in [0.3, 0.4) is 0 Å². The normalized spacial score (nSPS) is 15.3. The van der Waals surface area contributed by atoms with E-state index in [0.717, 1.165) is 24.7 Å². The van der Waals surface area contributed by atoms with Crippen LogP contribution in [0.1, 0.15) is 79.1 Å². The van der Waals surface area contributed by atoms with E-state index >= 15 is 0 Å². The molecular formula is C21H40O5. The zero-order valence-electron chi connectivity index (χ0n) is 17.1. The number of carboxylic acids is 1. The summed E-state index contributed by atoms with van der Waals surface area (Å²) in [5.41, 5.74) is -0.645. The molecule has 0 radical (unpaired) electrons. The van der Waals surface area contributed by atoms with Crippen molar-refractivity contribution in [2.45, 2.75) is 85.2 Å². The first-order valence-electron chi connectivity index (χ1n) is 9.98. The number of hydrogen-bond donors (Lipinski definition) is 4. The molecule has 0 saturated carbocycles. The average Bonchev–Trinajstić information content (AvgIpc) is 2.55. The van der Waals surface area contributed by atoms with Gasteiger partial charge in [-0.3, -0.25) is 4.79 Å². The van der Waals surface area contributed by atoms with E-state index in [2.05, 4.69) is 27.7 Å². The van der Waals surface area contributed by atoms with Gasteiger partial charge in [-0.2, -0.15) is 0 Å².